The van der Waals surface area contributed by atoms with E-state index in [1.165, 1.54) is 0 Å². The molecule has 0 bridgehead atoms. The van der Waals surface area contributed by atoms with E-state index in [0.29, 0.717) is 19.0 Å². The standard InChI is InChI=1S/C23H36N6O3.HI/c1-18-27-28-22(29(18)2)16-26-23(25-15-19-5-7-21(30-3)8-6-19)24-11-4-12-32-17-20-9-13-31-14-10-20;/h5-8,20H,4,9-17H2,1-3H3,(H2,24,25,26);1H. The second-order valence-electron chi connectivity index (χ2n) is 8.00. The molecule has 1 aliphatic heterocycles. The molecule has 0 saturated carbocycles. The number of rotatable bonds is 11. The first-order chi connectivity index (χ1) is 15.7. The smallest absolute Gasteiger partial charge is 0.191 e. The Hall–Kier alpha value is -1.92. The van der Waals surface area contributed by atoms with Gasteiger partial charge in [-0.05, 0) is 49.8 Å². The number of methoxy groups -OCH3 is 1. The zero-order valence-corrected chi connectivity index (χ0v) is 22.2. The second-order valence-corrected chi connectivity index (χ2v) is 8.00. The van der Waals surface area contributed by atoms with E-state index in [0.717, 1.165) is 81.2 Å². The molecule has 0 unspecified atom stereocenters. The molecule has 1 fully saturated rings. The number of halogens is 1. The largest absolute Gasteiger partial charge is 0.497 e. The van der Waals surface area contributed by atoms with E-state index >= 15 is 0 Å². The van der Waals surface area contributed by atoms with Gasteiger partial charge in [0.1, 0.15) is 11.6 Å². The van der Waals surface area contributed by atoms with Gasteiger partial charge in [0.2, 0.25) is 0 Å². The molecule has 0 spiro atoms. The molecular weight excluding hydrogens is 535 g/mol. The number of aryl methyl sites for hydroxylation is 1. The lowest BCUT2D eigenvalue weighted by Gasteiger charge is -2.21. The molecule has 9 nitrogen and oxygen atoms in total. The quantitative estimate of drug-likeness (QED) is 0.185. The molecule has 1 aliphatic rings. The van der Waals surface area contributed by atoms with Crippen molar-refractivity contribution in [3.05, 3.63) is 41.5 Å². The Labute approximate surface area is 213 Å². The summed E-state index contributed by atoms with van der Waals surface area (Å²) in [4.78, 5) is 4.73. The number of guanidine groups is 1. The van der Waals surface area contributed by atoms with Crippen LogP contribution < -0.4 is 15.4 Å². The van der Waals surface area contributed by atoms with Gasteiger partial charge in [-0.3, -0.25) is 0 Å². The molecule has 2 heterocycles. The SMILES string of the molecule is COc1ccc(CN=C(NCCCOCC2CCOCC2)NCc2nnc(C)n2C)cc1.I. The molecule has 2 aromatic rings. The summed E-state index contributed by atoms with van der Waals surface area (Å²) in [6, 6.07) is 7.94. The van der Waals surface area contributed by atoms with Crippen LogP contribution in [0.25, 0.3) is 0 Å². The van der Waals surface area contributed by atoms with E-state index in [1.54, 1.807) is 7.11 Å². The number of aliphatic imine (C=N–C) groups is 1. The Morgan fingerprint density at radius 1 is 1.18 bits per heavy atom. The Balaban J connectivity index is 0.00000385. The van der Waals surface area contributed by atoms with E-state index in [2.05, 4.69) is 20.8 Å². The molecule has 1 aromatic carbocycles. The lowest BCUT2D eigenvalue weighted by atomic mass is 10.0. The van der Waals surface area contributed by atoms with Gasteiger partial charge in [0.05, 0.1) is 20.2 Å². The van der Waals surface area contributed by atoms with Gasteiger partial charge in [-0.25, -0.2) is 4.99 Å². The Kier molecular flexibility index (Phi) is 12.5. The van der Waals surface area contributed by atoms with Crippen LogP contribution >= 0.6 is 24.0 Å². The minimum absolute atomic E-state index is 0. The lowest BCUT2D eigenvalue weighted by molar-refractivity contribution is 0.0203. The van der Waals surface area contributed by atoms with E-state index in [1.807, 2.05) is 42.8 Å². The minimum atomic E-state index is 0. The van der Waals surface area contributed by atoms with Gasteiger partial charge >= 0.3 is 0 Å². The number of hydrogen-bond acceptors (Lipinski definition) is 6. The first-order valence-corrected chi connectivity index (χ1v) is 11.3. The van der Waals surface area contributed by atoms with Gasteiger partial charge in [0.15, 0.2) is 11.8 Å². The van der Waals surface area contributed by atoms with Crippen molar-refractivity contribution in [1.82, 2.24) is 25.4 Å². The fraction of sp³-hybridized carbons (Fsp3) is 0.609. The minimum Gasteiger partial charge on any atom is -0.497 e. The topological polar surface area (TPSA) is 94.8 Å². The van der Waals surface area contributed by atoms with Crippen molar-refractivity contribution in [2.75, 3.05) is 40.1 Å². The summed E-state index contributed by atoms with van der Waals surface area (Å²) in [5.74, 6) is 3.96. The van der Waals surface area contributed by atoms with Crippen LogP contribution in [0.15, 0.2) is 29.3 Å². The third-order valence-corrected chi connectivity index (χ3v) is 5.63. The van der Waals surface area contributed by atoms with Crippen molar-refractivity contribution in [2.45, 2.75) is 39.3 Å². The molecule has 1 saturated heterocycles. The maximum absolute atomic E-state index is 5.86. The van der Waals surface area contributed by atoms with Crippen LogP contribution in [0, 0.1) is 12.8 Å². The maximum atomic E-state index is 5.86. The summed E-state index contributed by atoms with van der Waals surface area (Å²) in [5.41, 5.74) is 1.11. The van der Waals surface area contributed by atoms with Crippen molar-refractivity contribution in [3.8, 4) is 5.75 Å². The second kappa shape index (κ2) is 15.1. The van der Waals surface area contributed by atoms with Crippen LogP contribution in [-0.4, -0.2) is 60.8 Å². The molecule has 33 heavy (non-hydrogen) atoms. The zero-order chi connectivity index (χ0) is 22.6. The molecule has 0 atom stereocenters. The number of nitrogens with zero attached hydrogens (tertiary/aromatic N) is 4. The average Bonchev–Trinajstić information content (AvgIpc) is 3.15. The highest BCUT2D eigenvalue weighted by atomic mass is 127. The molecular formula is C23H37IN6O3. The van der Waals surface area contributed by atoms with E-state index in [-0.39, 0.29) is 24.0 Å². The summed E-state index contributed by atoms with van der Waals surface area (Å²) < 4.78 is 18.5. The Bertz CT molecular complexity index is 837. The average molecular weight is 572 g/mol. The van der Waals surface area contributed by atoms with Gasteiger partial charge in [-0.1, -0.05) is 12.1 Å². The number of benzene rings is 1. The summed E-state index contributed by atoms with van der Waals surface area (Å²) in [7, 11) is 3.63. The van der Waals surface area contributed by atoms with E-state index in [9.17, 15) is 0 Å². The van der Waals surface area contributed by atoms with E-state index in [4.69, 9.17) is 19.2 Å². The predicted molar refractivity (Wildman–Crippen MR) is 139 cm³/mol. The van der Waals surface area contributed by atoms with Crippen molar-refractivity contribution in [1.29, 1.82) is 0 Å². The molecule has 1 aromatic heterocycles. The van der Waals surface area contributed by atoms with Gasteiger partial charge in [-0.15, -0.1) is 34.2 Å². The van der Waals surface area contributed by atoms with Gasteiger partial charge in [-0.2, -0.15) is 0 Å². The molecule has 10 heteroatoms. The van der Waals surface area contributed by atoms with Crippen LogP contribution in [0.2, 0.25) is 0 Å². The maximum Gasteiger partial charge on any atom is 0.191 e. The number of aromatic nitrogens is 3. The molecule has 0 amide bonds. The predicted octanol–water partition coefficient (Wildman–Crippen LogP) is 2.82. The molecule has 0 radical (unpaired) electrons. The molecule has 3 rings (SSSR count). The van der Waals surface area contributed by atoms with Crippen LogP contribution in [0.1, 0.15) is 36.5 Å². The fourth-order valence-electron chi connectivity index (χ4n) is 3.39. The highest BCUT2D eigenvalue weighted by Crippen LogP contribution is 2.14. The number of hydrogen-bond donors (Lipinski definition) is 2. The van der Waals surface area contributed by atoms with Crippen LogP contribution in [0.4, 0.5) is 0 Å². The molecule has 184 valence electrons. The van der Waals surface area contributed by atoms with Crippen molar-refractivity contribution >= 4 is 29.9 Å². The van der Waals surface area contributed by atoms with E-state index < -0.39 is 0 Å². The highest BCUT2D eigenvalue weighted by molar-refractivity contribution is 14.0. The zero-order valence-electron chi connectivity index (χ0n) is 19.9. The normalized spacial score (nSPS) is 14.6. The summed E-state index contributed by atoms with van der Waals surface area (Å²) in [6.07, 6.45) is 3.12. The third kappa shape index (κ3) is 9.46. The van der Waals surface area contributed by atoms with Crippen molar-refractivity contribution < 1.29 is 14.2 Å². The third-order valence-electron chi connectivity index (χ3n) is 5.63. The first kappa shape index (κ1) is 27.3. The Morgan fingerprint density at radius 2 is 1.94 bits per heavy atom. The van der Waals surface area contributed by atoms with Crippen LogP contribution in [-0.2, 0) is 29.6 Å². The van der Waals surface area contributed by atoms with Gasteiger partial charge in [0.25, 0.3) is 0 Å². The van der Waals surface area contributed by atoms with Gasteiger partial charge < -0.3 is 29.4 Å². The Morgan fingerprint density at radius 3 is 2.61 bits per heavy atom. The molecule has 0 aliphatic carbocycles. The monoisotopic (exact) mass is 572 g/mol. The first-order valence-electron chi connectivity index (χ1n) is 11.3. The van der Waals surface area contributed by atoms with Crippen molar-refractivity contribution in [3.63, 3.8) is 0 Å². The fourth-order valence-corrected chi connectivity index (χ4v) is 3.39. The summed E-state index contributed by atoms with van der Waals surface area (Å²) >= 11 is 0. The van der Waals surface area contributed by atoms with Crippen LogP contribution in [0.3, 0.4) is 0 Å². The van der Waals surface area contributed by atoms with Gasteiger partial charge in [0, 0.05) is 40.0 Å². The number of ether oxygens (including phenoxy) is 3. The van der Waals surface area contributed by atoms with Crippen molar-refractivity contribution in [2.24, 2.45) is 18.0 Å². The summed E-state index contributed by atoms with van der Waals surface area (Å²) in [5, 5.41) is 15.1. The highest BCUT2D eigenvalue weighted by Gasteiger charge is 2.13. The number of nitrogens with one attached hydrogen (secondary N) is 2. The van der Waals surface area contributed by atoms with Crippen LogP contribution in [0.5, 0.6) is 5.75 Å². The summed E-state index contributed by atoms with van der Waals surface area (Å²) in [6.45, 7) is 7.11. The lowest BCUT2D eigenvalue weighted by Crippen LogP contribution is -2.38. The molecule has 2 N–H and O–H groups in total.